The molecule has 0 aromatic rings. The van der Waals surface area contributed by atoms with Gasteiger partial charge in [0.05, 0.1) is 6.61 Å². The summed E-state index contributed by atoms with van der Waals surface area (Å²) in [6.07, 6.45) is 5.08. The van der Waals surface area contributed by atoms with E-state index in [1.54, 1.807) is 20.0 Å². The summed E-state index contributed by atoms with van der Waals surface area (Å²) >= 11 is 0. The van der Waals surface area contributed by atoms with Crippen LogP contribution in [0.1, 0.15) is 39.0 Å². The van der Waals surface area contributed by atoms with Gasteiger partial charge in [0.25, 0.3) is 0 Å². The van der Waals surface area contributed by atoms with E-state index in [4.69, 9.17) is 4.74 Å². The van der Waals surface area contributed by atoms with Crippen LogP contribution in [-0.4, -0.2) is 21.0 Å². The highest BCUT2D eigenvalue weighted by Crippen LogP contribution is 2.16. The van der Waals surface area contributed by atoms with Crippen LogP contribution in [0, 0.1) is 0 Å². The Kier molecular flexibility index (Phi) is 8.13. The summed E-state index contributed by atoms with van der Waals surface area (Å²) in [6, 6.07) is 0.762. The van der Waals surface area contributed by atoms with Gasteiger partial charge >= 0.3 is 5.97 Å². The topological polar surface area (TPSA) is 26.3 Å². The van der Waals surface area contributed by atoms with Gasteiger partial charge in [0, 0.05) is 5.57 Å². The maximum atomic E-state index is 13.3. The molecule has 0 unspecified atom stereocenters. The molecule has 4 heteroatoms. The van der Waals surface area contributed by atoms with Gasteiger partial charge in [-0.1, -0.05) is 32.3 Å². The van der Waals surface area contributed by atoms with E-state index < -0.39 is 8.41 Å². The smallest absolute Gasteiger partial charge is 0.333 e. The van der Waals surface area contributed by atoms with Crippen molar-refractivity contribution >= 4 is 14.4 Å². The zero-order valence-electron chi connectivity index (χ0n) is 11.4. The third kappa shape index (κ3) is 11.6. The van der Waals surface area contributed by atoms with Crippen molar-refractivity contribution in [3.63, 3.8) is 0 Å². The monoisotopic (exact) mass is 260 g/mol. The highest BCUT2D eigenvalue weighted by atomic mass is 28.4. The second-order valence-corrected chi connectivity index (χ2v) is 9.09. The van der Waals surface area contributed by atoms with Crippen LogP contribution >= 0.6 is 0 Å². The van der Waals surface area contributed by atoms with Crippen LogP contribution in [-0.2, 0) is 9.53 Å². The van der Waals surface area contributed by atoms with E-state index in [-0.39, 0.29) is 5.97 Å². The van der Waals surface area contributed by atoms with E-state index in [0.717, 1.165) is 38.1 Å². The normalized spacial score (nSPS) is 11.3. The highest BCUT2D eigenvalue weighted by molar-refractivity contribution is 6.70. The third-order valence-electron chi connectivity index (χ3n) is 2.50. The lowest BCUT2D eigenvalue weighted by Gasteiger charge is -2.09. The molecule has 0 aliphatic rings. The number of carbonyl (C=O) groups is 1. The second kappa shape index (κ2) is 8.45. The Morgan fingerprint density at radius 1 is 1.18 bits per heavy atom. The summed E-state index contributed by atoms with van der Waals surface area (Å²) in [4.78, 5) is 11.0. The fraction of sp³-hybridized carbons (Fsp3) is 0.769. The molecular formula is C13H25FO2Si. The highest BCUT2D eigenvalue weighted by Gasteiger charge is 2.18. The lowest BCUT2D eigenvalue weighted by molar-refractivity contribution is -0.139. The molecule has 17 heavy (non-hydrogen) atoms. The number of hydrogen-bond donors (Lipinski definition) is 0. The molecule has 0 saturated heterocycles. The summed E-state index contributed by atoms with van der Waals surface area (Å²) in [5.74, 6) is -0.310. The van der Waals surface area contributed by atoms with Gasteiger partial charge in [-0.05, 0) is 32.5 Å². The number of rotatable bonds is 9. The fourth-order valence-corrected chi connectivity index (χ4v) is 2.56. The Labute approximate surface area is 105 Å². The minimum Gasteiger partial charge on any atom is -0.462 e. The van der Waals surface area contributed by atoms with Crippen LogP contribution < -0.4 is 0 Å². The predicted molar refractivity (Wildman–Crippen MR) is 72.3 cm³/mol. The molecule has 0 aliphatic carbocycles. The van der Waals surface area contributed by atoms with E-state index in [9.17, 15) is 8.90 Å². The second-order valence-electron chi connectivity index (χ2n) is 5.15. The predicted octanol–water partition coefficient (Wildman–Crippen LogP) is 4.23. The summed E-state index contributed by atoms with van der Waals surface area (Å²) in [5, 5.41) is 0. The van der Waals surface area contributed by atoms with Crippen molar-refractivity contribution in [2.45, 2.75) is 58.2 Å². The molecule has 0 N–H and O–H groups in total. The molecule has 0 bridgehead atoms. The van der Waals surface area contributed by atoms with Gasteiger partial charge in [-0.15, -0.1) is 0 Å². The first-order chi connectivity index (χ1) is 7.83. The van der Waals surface area contributed by atoms with E-state index in [1.165, 1.54) is 0 Å². The molecule has 0 spiro atoms. The van der Waals surface area contributed by atoms with E-state index >= 15 is 0 Å². The fourth-order valence-electron chi connectivity index (χ4n) is 1.47. The van der Waals surface area contributed by atoms with Gasteiger partial charge in [0.1, 0.15) is 0 Å². The lowest BCUT2D eigenvalue weighted by Crippen LogP contribution is -2.16. The van der Waals surface area contributed by atoms with Crippen LogP contribution in [0.4, 0.5) is 4.11 Å². The van der Waals surface area contributed by atoms with E-state index in [1.807, 2.05) is 0 Å². The Morgan fingerprint density at radius 2 is 1.71 bits per heavy atom. The first-order valence-corrected chi connectivity index (χ1v) is 9.43. The SMILES string of the molecule is C=C(C)C(=O)OCCCCCCC[Si](C)(C)F. The molecule has 2 nitrogen and oxygen atoms in total. The van der Waals surface area contributed by atoms with Crippen LogP contribution in [0.25, 0.3) is 0 Å². The van der Waals surface area contributed by atoms with Crippen LogP contribution in [0.5, 0.6) is 0 Å². The number of halogens is 1. The van der Waals surface area contributed by atoms with E-state index in [2.05, 4.69) is 6.58 Å². The maximum absolute atomic E-state index is 13.3. The first-order valence-electron chi connectivity index (χ1n) is 6.34. The number of carbonyl (C=O) groups excluding carboxylic acids is 1. The summed E-state index contributed by atoms with van der Waals surface area (Å²) in [5.41, 5.74) is 0.445. The van der Waals surface area contributed by atoms with Gasteiger partial charge in [-0.3, -0.25) is 0 Å². The third-order valence-corrected chi connectivity index (χ3v) is 4.04. The Hall–Kier alpha value is -0.643. The van der Waals surface area contributed by atoms with Gasteiger partial charge in [-0.2, -0.15) is 0 Å². The van der Waals surface area contributed by atoms with Crippen molar-refractivity contribution in [1.82, 2.24) is 0 Å². The van der Waals surface area contributed by atoms with Crippen molar-refractivity contribution in [1.29, 1.82) is 0 Å². The molecule has 0 heterocycles. The maximum Gasteiger partial charge on any atom is 0.333 e. The molecule has 0 rings (SSSR count). The Balaban J connectivity index is 3.25. The van der Waals surface area contributed by atoms with Gasteiger partial charge in [-0.25, -0.2) is 4.79 Å². The number of ether oxygens (including phenoxy) is 1. The molecule has 0 atom stereocenters. The van der Waals surface area contributed by atoms with Crippen molar-refractivity contribution in [2.75, 3.05) is 6.61 Å². The molecule has 0 radical (unpaired) electrons. The van der Waals surface area contributed by atoms with Crippen molar-refractivity contribution in [2.24, 2.45) is 0 Å². The average molecular weight is 260 g/mol. The van der Waals surface area contributed by atoms with Gasteiger partial charge in [0.2, 0.25) is 8.41 Å². The minimum absolute atomic E-state index is 0.310. The Morgan fingerprint density at radius 3 is 2.24 bits per heavy atom. The standard InChI is InChI=1S/C13H25FO2Si/c1-12(2)13(15)16-10-8-6-5-7-9-11-17(3,4)14/h1,5-11H2,2-4H3. The Bertz CT molecular complexity index is 246. The zero-order chi connectivity index (χ0) is 13.3. The van der Waals surface area contributed by atoms with Crippen molar-refractivity contribution < 1.29 is 13.6 Å². The average Bonchev–Trinajstić information content (AvgIpc) is 2.19. The summed E-state index contributed by atoms with van der Waals surface area (Å²) in [7, 11) is -2.34. The molecule has 0 aliphatic heterocycles. The van der Waals surface area contributed by atoms with Crippen LogP contribution in [0.15, 0.2) is 12.2 Å². The molecule has 0 aromatic heterocycles. The lowest BCUT2D eigenvalue weighted by atomic mass is 10.2. The minimum atomic E-state index is -2.34. The largest absolute Gasteiger partial charge is 0.462 e. The number of esters is 1. The number of hydrogen-bond acceptors (Lipinski definition) is 2. The molecule has 0 saturated carbocycles. The molecule has 0 aromatic carbocycles. The van der Waals surface area contributed by atoms with Crippen molar-refractivity contribution in [3.05, 3.63) is 12.2 Å². The van der Waals surface area contributed by atoms with Gasteiger partial charge in [0.15, 0.2) is 0 Å². The summed E-state index contributed by atoms with van der Waals surface area (Å²) in [6.45, 7) is 9.13. The van der Waals surface area contributed by atoms with Crippen LogP contribution in [0.3, 0.4) is 0 Å². The van der Waals surface area contributed by atoms with E-state index in [0.29, 0.717) is 12.2 Å². The molecule has 100 valence electrons. The zero-order valence-corrected chi connectivity index (χ0v) is 12.4. The van der Waals surface area contributed by atoms with Gasteiger partial charge < -0.3 is 8.84 Å². The van der Waals surface area contributed by atoms with Crippen molar-refractivity contribution in [3.8, 4) is 0 Å². The first kappa shape index (κ1) is 16.4. The number of unbranched alkanes of at least 4 members (excludes halogenated alkanes) is 4. The molecule has 0 fully saturated rings. The summed E-state index contributed by atoms with van der Waals surface area (Å²) < 4.78 is 18.2. The quantitative estimate of drug-likeness (QED) is 0.204. The molecule has 0 amide bonds. The van der Waals surface area contributed by atoms with Crippen LogP contribution in [0.2, 0.25) is 19.1 Å². The molecular weight excluding hydrogens is 235 g/mol.